The molecule has 1 unspecified atom stereocenters. The molecule has 0 aromatic heterocycles. The van der Waals surface area contributed by atoms with E-state index >= 15 is 0 Å². The van der Waals surface area contributed by atoms with Crippen molar-refractivity contribution in [1.29, 1.82) is 0 Å². The first-order valence-electron chi connectivity index (χ1n) is 6.98. The first-order valence-corrected chi connectivity index (χ1v) is 6.98. The third-order valence-corrected chi connectivity index (χ3v) is 3.37. The van der Waals surface area contributed by atoms with Crippen molar-refractivity contribution in [3.05, 3.63) is 29.8 Å². The molecule has 0 spiro atoms. The van der Waals surface area contributed by atoms with Crippen molar-refractivity contribution < 1.29 is 40.7 Å². The second kappa shape index (κ2) is 6.21. The molecule has 0 aliphatic carbocycles. The average Bonchev–Trinajstić information content (AvgIpc) is 2.76. The minimum absolute atomic E-state index is 0.101. The van der Waals surface area contributed by atoms with Gasteiger partial charge in [-0.15, -0.1) is 0 Å². The van der Waals surface area contributed by atoms with E-state index in [9.17, 15) is 35.9 Å². The van der Waals surface area contributed by atoms with Crippen LogP contribution in [-0.4, -0.2) is 30.4 Å². The predicted octanol–water partition coefficient (Wildman–Crippen LogP) is 3.45. The fourth-order valence-electron chi connectivity index (χ4n) is 2.17. The molecule has 1 aliphatic rings. The van der Waals surface area contributed by atoms with Crippen LogP contribution in [0.4, 0.5) is 36.8 Å². The SMILES string of the molecule is CCCOC1(C(F)(F)F)NC(=O)N(c2ccc(C(F)(F)F)cc2)C1=O. The lowest BCUT2D eigenvalue weighted by molar-refractivity contribution is -0.269. The fraction of sp³-hybridized carbons (Fsp3) is 0.429. The Bertz CT molecular complexity index is 671. The van der Waals surface area contributed by atoms with E-state index in [1.165, 1.54) is 12.2 Å². The number of ether oxygens (including phenoxy) is 1. The number of carbonyl (C=O) groups is 2. The molecular weight excluding hydrogens is 358 g/mol. The number of hydrogen-bond acceptors (Lipinski definition) is 3. The summed E-state index contributed by atoms with van der Waals surface area (Å²) in [7, 11) is 0. The molecule has 1 aromatic rings. The molecular formula is C14H12F6N2O3. The third-order valence-electron chi connectivity index (χ3n) is 3.37. The Morgan fingerprint density at radius 2 is 1.64 bits per heavy atom. The summed E-state index contributed by atoms with van der Waals surface area (Å²) in [6, 6.07) is 1.12. The molecule has 138 valence electrons. The Morgan fingerprint density at radius 1 is 1.08 bits per heavy atom. The molecule has 11 heteroatoms. The van der Waals surface area contributed by atoms with Crippen molar-refractivity contribution in [3.8, 4) is 0 Å². The highest BCUT2D eigenvalue weighted by molar-refractivity contribution is 6.23. The number of hydrogen-bond donors (Lipinski definition) is 1. The van der Waals surface area contributed by atoms with Gasteiger partial charge in [-0.2, -0.15) is 26.3 Å². The van der Waals surface area contributed by atoms with Gasteiger partial charge in [-0.05, 0) is 30.7 Å². The number of urea groups is 1. The van der Waals surface area contributed by atoms with Gasteiger partial charge < -0.3 is 4.74 Å². The predicted molar refractivity (Wildman–Crippen MR) is 72.5 cm³/mol. The lowest BCUT2D eigenvalue weighted by Crippen LogP contribution is -2.60. The van der Waals surface area contributed by atoms with Gasteiger partial charge >= 0.3 is 24.1 Å². The molecule has 0 bridgehead atoms. The standard InChI is InChI=1S/C14H12F6N2O3/c1-2-7-25-12(14(18,19)20)10(23)22(11(24)21-12)9-5-3-8(4-6-9)13(15,16)17/h3-6H,2,7H2,1H3,(H,21,24). The number of amides is 3. The molecule has 1 aromatic carbocycles. The van der Waals surface area contributed by atoms with Gasteiger partial charge in [0, 0.05) is 0 Å². The topological polar surface area (TPSA) is 58.6 Å². The Labute approximate surface area is 137 Å². The maximum atomic E-state index is 13.3. The van der Waals surface area contributed by atoms with Crippen molar-refractivity contribution in [2.75, 3.05) is 11.5 Å². The van der Waals surface area contributed by atoms with Crippen LogP contribution in [0.1, 0.15) is 18.9 Å². The number of anilines is 1. The van der Waals surface area contributed by atoms with Crippen molar-refractivity contribution in [2.45, 2.75) is 31.4 Å². The maximum absolute atomic E-state index is 13.3. The van der Waals surface area contributed by atoms with Gasteiger partial charge in [-0.3, -0.25) is 10.1 Å². The molecule has 1 aliphatic heterocycles. The fourth-order valence-corrected chi connectivity index (χ4v) is 2.17. The molecule has 1 saturated heterocycles. The number of rotatable bonds is 4. The van der Waals surface area contributed by atoms with Crippen LogP contribution >= 0.6 is 0 Å². The molecule has 1 N–H and O–H groups in total. The number of alkyl halides is 6. The van der Waals surface area contributed by atoms with Crippen LogP contribution in [0.25, 0.3) is 0 Å². The summed E-state index contributed by atoms with van der Waals surface area (Å²) in [6.45, 7) is 1.03. The highest BCUT2D eigenvalue weighted by atomic mass is 19.4. The zero-order valence-corrected chi connectivity index (χ0v) is 12.7. The normalized spacial score (nSPS) is 21.6. The maximum Gasteiger partial charge on any atom is 0.446 e. The minimum Gasteiger partial charge on any atom is -0.340 e. The van der Waals surface area contributed by atoms with E-state index in [2.05, 4.69) is 4.74 Å². The smallest absolute Gasteiger partial charge is 0.340 e. The number of nitrogens with zero attached hydrogens (tertiary/aromatic N) is 1. The summed E-state index contributed by atoms with van der Waals surface area (Å²) in [5.41, 5.74) is -5.09. The van der Waals surface area contributed by atoms with Gasteiger partial charge in [0.25, 0.3) is 5.91 Å². The van der Waals surface area contributed by atoms with Gasteiger partial charge in [0.05, 0.1) is 17.9 Å². The molecule has 1 heterocycles. The van der Waals surface area contributed by atoms with E-state index in [0.717, 1.165) is 12.1 Å². The number of nitrogens with one attached hydrogen (secondary N) is 1. The van der Waals surface area contributed by atoms with Crippen LogP contribution in [-0.2, 0) is 15.7 Å². The molecule has 1 atom stereocenters. The lowest BCUT2D eigenvalue weighted by Gasteiger charge is -2.28. The number of benzene rings is 1. The van der Waals surface area contributed by atoms with Crippen LogP contribution in [0.2, 0.25) is 0 Å². The second-order valence-electron chi connectivity index (χ2n) is 5.14. The zero-order valence-electron chi connectivity index (χ0n) is 12.7. The Balaban J connectivity index is 2.40. The van der Waals surface area contributed by atoms with E-state index in [1.54, 1.807) is 0 Å². The summed E-state index contributed by atoms with van der Waals surface area (Å²) in [4.78, 5) is 24.2. The number of halogens is 6. The lowest BCUT2D eigenvalue weighted by atomic mass is 10.1. The highest BCUT2D eigenvalue weighted by Gasteiger charge is 2.69. The van der Waals surface area contributed by atoms with Gasteiger partial charge in [0.15, 0.2) is 0 Å². The van der Waals surface area contributed by atoms with Gasteiger partial charge in [0.2, 0.25) is 0 Å². The second-order valence-corrected chi connectivity index (χ2v) is 5.14. The van der Waals surface area contributed by atoms with Gasteiger partial charge in [-0.1, -0.05) is 6.92 Å². The van der Waals surface area contributed by atoms with Gasteiger partial charge in [0.1, 0.15) is 0 Å². The van der Waals surface area contributed by atoms with Crippen molar-refractivity contribution in [3.63, 3.8) is 0 Å². The summed E-state index contributed by atoms with van der Waals surface area (Å²) in [5, 5.41) is 1.45. The monoisotopic (exact) mass is 370 g/mol. The quantitative estimate of drug-likeness (QED) is 0.653. The number of carbonyl (C=O) groups excluding carboxylic acids is 2. The Morgan fingerprint density at radius 3 is 2.08 bits per heavy atom. The molecule has 1 fully saturated rings. The van der Waals surface area contributed by atoms with E-state index in [4.69, 9.17) is 0 Å². The molecule has 2 rings (SSSR count). The van der Waals surface area contributed by atoms with Crippen molar-refractivity contribution in [1.82, 2.24) is 5.32 Å². The third kappa shape index (κ3) is 3.28. The van der Waals surface area contributed by atoms with Gasteiger partial charge in [-0.25, -0.2) is 9.69 Å². The number of imide groups is 1. The summed E-state index contributed by atoms with van der Waals surface area (Å²) < 4.78 is 82.2. The van der Waals surface area contributed by atoms with E-state index in [0.29, 0.717) is 12.1 Å². The average molecular weight is 370 g/mol. The molecule has 5 nitrogen and oxygen atoms in total. The van der Waals surface area contributed by atoms with Crippen LogP contribution in [0.5, 0.6) is 0 Å². The van der Waals surface area contributed by atoms with Crippen LogP contribution in [0.15, 0.2) is 24.3 Å². The summed E-state index contributed by atoms with van der Waals surface area (Å²) >= 11 is 0. The highest BCUT2D eigenvalue weighted by Crippen LogP contribution is 2.39. The van der Waals surface area contributed by atoms with Crippen LogP contribution in [0.3, 0.4) is 0 Å². The zero-order chi connectivity index (χ0) is 19.0. The van der Waals surface area contributed by atoms with E-state index < -0.39 is 47.9 Å². The van der Waals surface area contributed by atoms with E-state index in [-0.39, 0.29) is 11.3 Å². The molecule has 3 amide bonds. The molecule has 0 saturated carbocycles. The molecule has 25 heavy (non-hydrogen) atoms. The molecule has 0 radical (unpaired) electrons. The van der Waals surface area contributed by atoms with Crippen LogP contribution in [0, 0.1) is 0 Å². The first kappa shape index (κ1) is 19.0. The summed E-state index contributed by atoms with van der Waals surface area (Å²) in [5.74, 6) is -1.77. The Kier molecular flexibility index (Phi) is 4.73. The van der Waals surface area contributed by atoms with E-state index in [1.807, 2.05) is 0 Å². The summed E-state index contributed by atoms with van der Waals surface area (Å²) in [6.07, 6.45) is -9.79. The van der Waals surface area contributed by atoms with Crippen molar-refractivity contribution >= 4 is 17.6 Å². The van der Waals surface area contributed by atoms with Crippen molar-refractivity contribution in [2.24, 2.45) is 0 Å². The van der Waals surface area contributed by atoms with Crippen LogP contribution < -0.4 is 10.2 Å². The first-order chi connectivity index (χ1) is 11.4. The minimum atomic E-state index is -5.25. The Hall–Kier alpha value is -2.30. The largest absolute Gasteiger partial charge is 0.446 e.